The molecule has 6 nitrogen and oxygen atoms in total. The number of aliphatic hydroxyl groups excluding tert-OH is 1. The number of carboxylic acid groups (broad SMARTS) is 1. The van der Waals surface area contributed by atoms with Crippen molar-refractivity contribution in [1.82, 2.24) is 4.90 Å². The Hall–Kier alpha value is -3.55. The molecule has 0 fully saturated rings. The van der Waals surface area contributed by atoms with Gasteiger partial charge in [0.15, 0.2) is 0 Å². The number of halogens is 2. The van der Waals surface area contributed by atoms with Crippen molar-refractivity contribution < 1.29 is 29.0 Å². The Bertz CT molecular complexity index is 1240. The molecule has 0 unspecified atom stereocenters. The van der Waals surface area contributed by atoms with E-state index in [-0.39, 0.29) is 36.9 Å². The van der Waals surface area contributed by atoms with Crippen LogP contribution in [-0.2, 0) is 11.2 Å². The number of carbonyl (C=O) groups excluding carboxylic acids is 2. The third-order valence-corrected chi connectivity index (χ3v) is 6.52. The predicted octanol–water partition coefficient (Wildman–Crippen LogP) is 4.83. The Kier molecular flexibility index (Phi) is 7.28. The second kappa shape index (κ2) is 10.4. The van der Waals surface area contributed by atoms with Crippen LogP contribution < -0.4 is 0 Å². The first kappa shape index (κ1) is 24.6. The number of aliphatic carboxylic acids is 1. The predicted molar refractivity (Wildman–Crippen MR) is 129 cm³/mol. The highest BCUT2D eigenvalue weighted by atomic mass is 35.5. The van der Waals surface area contributed by atoms with E-state index >= 15 is 0 Å². The molecule has 2 amide bonds. The first-order chi connectivity index (χ1) is 16.8. The summed E-state index contributed by atoms with van der Waals surface area (Å²) < 4.78 is 14.7. The second-order valence-corrected chi connectivity index (χ2v) is 8.90. The van der Waals surface area contributed by atoms with Crippen LogP contribution in [0.1, 0.15) is 39.1 Å². The number of carbonyl (C=O) groups is 3. The molecule has 0 bridgehead atoms. The molecule has 0 aromatic heterocycles. The molecule has 0 spiro atoms. The number of fused-ring (bicyclic) bond motifs is 1. The van der Waals surface area contributed by atoms with Crippen molar-refractivity contribution >= 4 is 29.4 Å². The highest BCUT2D eigenvalue weighted by Crippen LogP contribution is 2.26. The summed E-state index contributed by atoms with van der Waals surface area (Å²) in [5.74, 6) is -3.87. The summed E-state index contributed by atoms with van der Waals surface area (Å²) in [6.45, 7) is -0.134. The lowest BCUT2D eigenvalue weighted by molar-refractivity contribution is -0.146. The van der Waals surface area contributed by atoms with E-state index in [0.29, 0.717) is 16.1 Å². The molecule has 3 aromatic carbocycles. The monoisotopic (exact) mass is 495 g/mol. The minimum Gasteiger partial charge on any atom is -0.481 e. The molecule has 1 aliphatic rings. The first-order valence-electron chi connectivity index (χ1n) is 11.2. The molecule has 0 radical (unpaired) electrons. The number of amides is 2. The number of aliphatic hydroxyl groups is 1. The quantitative estimate of drug-likeness (QED) is 0.415. The van der Waals surface area contributed by atoms with Crippen LogP contribution in [0.5, 0.6) is 0 Å². The molecular formula is C27H23ClFNO5. The van der Waals surface area contributed by atoms with Crippen molar-refractivity contribution in [3.63, 3.8) is 0 Å². The van der Waals surface area contributed by atoms with Crippen LogP contribution in [0.4, 0.5) is 4.39 Å². The first-order valence-corrected chi connectivity index (χ1v) is 11.5. The van der Waals surface area contributed by atoms with Gasteiger partial charge in [-0.05, 0) is 66.3 Å². The number of imide groups is 1. The minimum absolute atomic E-state index is 0.0102. The largest absolute Gasteiger partial charge is 0.481 e. The van der Waals surface area contributed by atoms with Gasteiger partial charge in [-0.2, -0.15) is 0 Å². The van der Waals surface area contributed by atoms with Gasteiger partial charge in [0.1, 0.15) is 5.82 Å². The van der Waals surface area contributed by atoms with Crippen LogP contribution in [0.2, 0.25) is 5.02 Å². The Morgan fingerprint density at radius 2 is 1.51 bits per heavy atom. The van der Waals surface area contributed by atoms with E-state index in [2.05, 4.69) is 0 Å². The van der Waals surface area contributed by atoms with Crippen LogP contribution in [0, 0.1) is 11.7 Å². The SMILES string of the molecule is O=C(O)[C@@H](CCN1C(=O)c2ccccc2C1=O)[C@H](O)CCc1ccc(-c2ccc(Cl)cc2)cc1F. The Balaban J connectivity index is 1.37. The number of aryl methyl sites for hydroxylation is 1. The number of hydrogen-bond donors (Lipinski definition) is 2. The maximum absolute atomic E-state index is 14.7. The van der Waals surface area contributed by atoms with Gasteiger partial charge in [-0.25, -0.2) is 4.39 Å². The van der Waals surface area contributed by atoms with Crippen molar-refractivity contribution in [3.05, 3.63) is 94.3 Å². The average molecular weight is 496 g/mol. The topological polar surface area (TPSA) is 94.9 Å². The van der Waals surface area contributed by atoms with Gasteiger partial charge in [-0.1, -0.05) is 48.0 Å². The van der Waals surface area contributed by atoms with Crippen molar-refractivity contribution in [2.45, 2.75) is 25.4 Å². The van der Waals surface area contributed by atoms with Crippen molar-refractivity contribution in [1.29, 1.82) is 0 Å². The van der Waals surface area contributed by atoms with Gasteiger partial charge in [0.05, 0.1) is 23.1 Å². The Labute approximate surface area is 206 Å². The van der Waals surface area contributed by atoms with E-state index in [1.54, 1.807) is 60.7 Å². The summed E-state index contributed by atoms with van der Waals surface area (Å²) in [7, 11) is 0. The van der Waals surface area contributed by atoms with Gasteiger partial charge in [0, 0.05) is 11.6 Å². The third kappa shape index (κ3) is 5.26. The molecule has 35 heavy (non-hydrogen) atoms. The number of carboxylic acids is 1. The Morgan fingerprint density at radius 1 is 0.914 bits per heavy atom. The molecule has 2 N–H and O–H groups in total. The molecule has 1 heterocycles. The number of rotatable bonds is 9. The molecule has 180 valence electrons. The van der Waals surface area contributed by atoms with E-state index in [4.69, 9.17) is 11.6 Å². The molecular weight excluding hydrogens is 473 g/mol. The van der Waals surface area contributed by atoms with E-state index in [0.717, 1.165) is 10.5 Å². The van der Waals surface area contributed by atoms with E-state index in [1.165, 1.54) is 6.07 Å². The van der Waals surface area contributed by atoms with Gasteiger partial charge in [-0.3, -0.25) is 19.3 Å². The summed E-state index contributed by atoms with van der Waals surface area (Å²) in [4.78, 5) is 37.8. The second-order valence-electron chi connectivity index (χ2n) is 8.46. The molecule has 4 rings (SSSR count). The summed E-state index contributed by atoms with van der Waals surface area (Å²) in [6.07, 6.45) is -1.25. The summed E-state index contributed by atoms with van der Waals surface area (Å²) in [6, 6.07) is 18.2. The summed E-state index contributed by atoms with van der Waals surface area (Å²) in [5, 5.41) is 20.8. The normalized spacial score (nSPS) is 14.7. The fourth-order valence-corrected chi connectivity index (χ4v) is 4.39. The van der Waals surface area contributed by atoms with Crippen LogP contribution in [0.3, 0.4) is 0 Å². The molecule has 2 atom stereocenters. The standard InChI is InChI=1S/C27H23ClFNO5/c28-19-10-7-16(8-11-19)18-6-5-17(23(29)15-18)9-12-24(31)22(27(34)35)13-14-30-25(32)20-3-1-2-4-21(20)26(30)33/h1-8,10-11,15,22,24,31H,9,12-14H2,(H,34,35)/t22-,24+/m0/s1. The number of nitrogens with zero attached hydrogens (tertiary/aromatic N) is 1. The maximum Gasteiger partial charge on any atom is 0.309 e. The fourth-order valence-electron chi connectivity index (χ4n) is 4.27. The van der Waals surface area contributed by atoms with Gasteiger partial charge >= 0.3 is 5.97 Å². The minimum atomic E-state index is -1.28. The molecule has 3 aromatic rings. The third-order valence-electron chi connectivity index (χ3n) is 6.26. The van der Waals surface area contributed by atoms with Crippen molar-refractivity contribution in [2.75, 3.05) is 6.54 Å². The van der Waals surface area contributed by atoms with Crippen LogP contribution >= 0.6 is 11.6 Å². The van der Waals surface area contributed by atoms with E-state index in [9.17, 15) is 29.0 Å². The lowest BCUT2D eigenvalue weighted by Gasteiger charge is -2.22. The lowest BCUT2D eigenvalue weighted by Crippen LogP contribution is -2.36. The van der Waals surface area contributed by atoms with Gasteiger partial charge < -0.3 is 10.2 Å². The van der Waals surface area contributed by atoms with Crippen LogP contribution in [-0.4, -0.2) is 45.5 Å². The lowest BCUT2D eigenvalue weighted by atomic mass is 9.92. The van der Waals surface area contributed by atoms with Gasteiger partial charge in [0.25, 0.3) is 11.8 Å². The average Bonchev–Trinajstić information content (AvgIpc) is 3.08. The fraction of sp³-hybridized carbons (Fsp3) is 0.222. The summed E-state index contributed by atoms with van der Waals surface area (Å²) in [5.41, 5.74) is 2.39. The number of benzene rings is 3. The molecule has 0 saturated carbocycles. The summed E-state index contributed by atoms with van der Waals surface area (Å²) >= 11 is 5.89. The van der Waals surface area contributed by atoms with Crippen LogP contribution in [0.15, 0.2) is 66.7 Å². The van der Waals surface area contributed by atoms with Crippen LogP contribution in [0.25, 0.3) is 11.1 Å². The highest BCUT2D eigenvalue weighted by Gasteiger charge is 2.36. The highest BCUT2D eigenvalue weighted by molar-refractivity contribution is 6.30. The Morgan fingerprint density at radius 3 is 2.09 bits per heavy atom. The van der Waals surface area contributed by atoms with Gasteiger partial charge in [-0.15, -0.1) is 0 Å². The number of hydrogen-bond acceptors (Lipinski definition) is 4. The zero-order chi connectivity index (χ0) is 25.1. The van der Waals surface area contributed by atoms with Crippen molar-refractivity contribution in [3.8, 4) is 11.1 Å². The zero-order valence-electron chi connectivity index (χ0n) is 18.7. The molecule has 8 heteroatoms. The maximum atomic E-state index is 14.7. The van der Waals surface area contributed by atoms with E-state index < -0.39 is 35.6 Å². The van der Waals surface area contributed by atoms with E-state index in [1.807, 2.05) is 0 Å². The molecule has 0 aliphatic carbocycles. The zero-order valence-corrected chi connectivity index (χ0v) is 19.4. The van der Waals surface area contributed by atoms with Crippen molar-refractivity contribution in [2.24, 2.45) is 5.92 Å². The molecule has 1 aliphatic heterocycles. The van der Waals surface area contributed by atoms with Gasteiger partial charge in [0.2, 0.25) is 0 Å². The molecule has 0 saturated heterocycles. The smallest absolute Gasteiger partial charge is 0.309 e.